The number of carbonyl (C=O) groups excluding carboxylic acids is 1. The molecule has 9 heteroatoms. The molecule has 1 fully saturated rings. The zero-order chi connectivity index (χ0) is 20.9. The predicted octanol–water partition coefficient (Wildman–Crippen LogP) is 3.27. The summed E-state index contributed by atoms with van der Waals surface area (Å²) >= 11 is 0. The van der Waals surface area contributed by atoms with Gasteiger partial charge in [-0.05, 0) is 30.7 Å². The maximum Gasteiger partial charge on any atom is 0.416 e. The van der Waals surface area contributed by atoms with E-state index in [1.54, 1.807) is 17.2 Å². The molecule has 0 radical (unpaired) electrons. The molecule has 0 saturated carbocycles. The first-order chi connectivity index (χ1) is 13.9. The Morgan fingerprint density at radius 1 is 1.21 bits per heavy atom. The third-order valence-electron chi connectivity index (χ3n) is 4.65. The Kier molecular flexibility index (Phi) is 6.58. The van der Waals surface area contributed by atoms with Crippen molar-refractivity contribution in [2.45, 2.75) is 19.3 Å². The van der Waals surface area contributed by atoms with Gasteiger partial charge < -0.3 is 9.64 Å². The van der Waals surface area contributed by atoms with Gasteiger partial charge in [0.05, 0.1) is 5.56 Å². The Morgan fingerprint density at radius 2 is 2.03 bits per heavy atom. The number of hydrogen-bond donors (Lipinski definition) is 0. The topological polar surface area (TPSA) is 50.6 Å². The molecule has 0 aliphatic carbocycles. The van der Waals surface area contributed by atoms with Crippen molar-refractivity contribution >= 4 is 5.91 Å². The Hall–Kier alpha value is -2.81. The molecule has 0 spiro atoms. The summed E-state index contributed by atoms with van der Waals surface area (Å²) in [6.45, 7) is 7.39. The summed E-state index contributed by atoms with van der Waals surface area (Å²) in [5.74, 6) is -0.0821. The highest BCUT2D eigenvalue weighted by Gasteiger charge is 2.30. The number of halogens is 3. The highest BCUT2D eigenvalue weighted by atomic mass is 19.4. The standard InChI is InChI=1S/C20H23F3N4O2/c1-2-8-25-9-4-10-26(13-12-25)19(28)18-7-11-27(24-18)15-29-17-6-3-5-16(14-17)20(21,22)23/h2-3,5-7,11,14H,1,4,8-10,12-13,15H2. The minimum Gasteiger partial charge on any atom is -0.471 e. The van der Waals surface area contributed by atoms with Crippen LogP contribution in [0.25, 0.3) is 0 Å². The van der Waals surface area contributed by atoms with Crippen LogP contribution in [0.5, 0.6) is 5.75 Å². The third kappa shape index (κ3) is 5.60. The van der Waals surface area contributed by atoms with Gasteiger partial charge in [0, 0.05) is 38.9 Å². The van der Waals surface area contributed by atoms with Crippen LogP contribution in [-0.2, 0) is 12.9 Å². The fourth-order valence-corrected chi connectivity index (χ4v) is 3.15. The summed E-state index contributed by atoms with van der Waals surface area (Å²) in [6, 6.07) is 6.23. The molecule has 1 aliphatic heterocycles. The fraction of sp³-hybridized carbons (Fsp3) is 0.400. The van der Waals surface area contributed by atoms with Gasteiger partial charge in [0.15, 0.2) is 12.4 Å². The van der Waals surface area contributed by atoms with Gasteiger partial charge in [0.1, 0.15) is 5.75 Å². The number of amides is 1. The van der Waals surface area contributed by atoms with Gasteiger partial charge in [-0.2, -0.15) is 18.3 Å². The second-order valence-corrected chi connectivity index (χ2v) is 6.77. The third-order valence-corrected chi connectivity index (χ3v) is 4.65. The molecule has 1 saturated heterocycles. The molecular weight excluding hydrogens is 385 g/mol. The van der Waals surface area contributed by atoms with E-state index in [-0.39, 0.29) is 24.1 Å². The smallest absolute Gasteiger partial charge is 0.416 e. The molecule has 29 heavy (non-hydrogen) atoms. The predicted molar refractivity (Wildman–Crippen MR) is 101 cm³/mol. The van der Waals surface area contributed by atoms with Crippen LogP contribution >= 0.6 is 0 Å². The highest BCUT2D eigenvalue weighted by Crippen LogP contribution is 2.31. The number of hydrogen-bond acceptors (Lipinski definition) is 4. The van der Waals surface area contributed by atoms with E-state index in [4.69, 9.17) is 4.74 Å². The molecule has 2 heterocycles. The van der Waals surface area contributed by atoms with Crippen molar-refractivity contribution < 1.29 is 22.7 Å². The van der Waals surface area contributed by atoms with Gasteiger partial charge in [-0.25, -0.2) is 4.68 Å². The van der Waals surface area contributed by atoms with Crippen molar-refractivity contribution in [2.75, 3.05) is 32.7 Å². The maximum absolute atomic E-state index is 12.8. The maximum atomic E-state index is 12.8. The van der Waals surface area contributed by atoms with Gasteiger partial charge in [0.25, 0.3) is 5.91 Å². The van der Waals surface area contributed by atoms with Crippen molar-refractivity contribution in [3.8, 4) is 5.75 Å². The number of aromatic nitrogens is 2. The first-order valence-corrected chi connectivity index (χ1v) is 9.33. The Balaban J connectivity index is 1.58. The van der Waals surface area contributed by atoms with Crippen LogP contribution in [0.3, 0.4) is 0 Å². The van der Waals surface area contributed by atoms with Gasteiger partial charge in [-0.15, -0.1) is 6.58 Å². The van der Waals surface area contributed by atoms with Gasteiger partial charge in [-0.3, -0.25) is 9.69 Å². The minimum atomic E-state index is -4.43. The molecular formula is C20H23F3N4O2. The Bertz CT molecular complexity index is 850. The number of alkyl halides is 3. The van der Waals surface area contributed by atoms with Gasteiger partial charge in [0.2, 0.25) is 0 Å². The summed E-state index contributed by atoms with van der Waals surface area (Å²) in [7, 11) is 0. The first kappa shape index (κ1) is 20.9. The van der Waals surface area contributed by atoms with Crippen LogP contribution < -0.4 is 4.74 Å². The van der Waals surface area contributed by atoms with E-state index in [0.717, 1.165) is 38.2 Å². The molecule has 0 N–H and O–H groups in total. The van der Waals surface area contributed by atoms with Crippen molar-refractivity contribution in [1.82, 2.24) is 19.6 Å². The van der Waals surface area contributed by atoms with Crippen LogP contribution in [-0.4, -0.2) is 58.2 Å². The zero-order valence-corrected chi connectivity index (χ0v) is 15.9. The molecule has 0 bridgehead atoms. The van der Waals surface area contributed by atoms with E-state index in [1.165, 1.54) is 16.8 Å². The van der Waals surface area contributed by atoms with Crippen molar-refractivity contribution in [3.05, 3.63) is 60.4 Å². The monoisotopic (exact) mass is 408 g/mol. The Morgan fingerprint density at radius 3 is 2.79 bits per heavy atom. The van der Waals surface area contributed by atoms with Crippen molar-refractivity contribution in [1.29, 1.82) is 0 Å². The number of carbonyl (C=O) groups is 1. The first-order valence-electron chi connectivity index (χ1n) is 9.33. The normalized spacial score (nSPS) is 15.8. The van der Waals surface area contributed by atoms with E-state index in [9.17, 15) is 18.0 Å². The summed E-state index contributed by atoms with van der Waals surface area (Å²) in [5.41, 5.74) is -0.493. The average Bonchev–Trinajstić information content (AvgIpc) is 3.05. The number of rotatable bonds is 6. The van der Waals surface area contributed by atoms with E-state index in [0.29, 0.717) is 13.1 Å². The summed E-state index contributed by atoms with van der Waals surface area (Å²) < 4.78 is 45.1. The van der Waals surface area contributed by atoms with Crippen molar-refractivity contribution in [3.63, 3.8) is 0 Å². The zero-order valence-electron chi connectivity index (χ0n) is 15.9. The lowest BCUT2D eigenvalue weighted by Gasteiger charge is -2.20. The van der Waals surface area contributed by atoms with Crippen LogP contribution in [0.4, 0.5) is 13.2 Å². The fourth-order valence-electron chi connectivity index (χ4n) is 3.15. The number of nitrogens with zero attached hydrogens (tertiary/aromatic N) is 4. The summed E-state index contributed by atoms with van der Waals surface area (Å²) in [5, 5.41) is 4.21. The van der Waals surface area contributed by atoms with E-state index in [1.807, 2.05) is 6.08 Å². The van der Waals surface area contributed by atoms with Crippen LogP contribution in [0.1, 0.15) is 22.5 Å². The molecule has 0 unspecified atom stereocenters. The average molecular weight is 408 g/mol. The molecule has 1 amide bonds. The second-order valence-electron chi connectivity index (χ2n) is 6.77. The molecule has 1 aliphatic rings. The highest BCUT2D eigenvalue weighted by molar-refractivity contribution is 5.92. The lowest BCUT2D eigenvalue weighted by Crippen LogP contribution is -2.35. The van der Waals surface area contributed by atoms with Crippen LogP contribution in [0.2, 0.25) is 0 Å². The van der Waals surface area contributed by atoms with Gasteiger partial charge in [-0.1, -0.05) is 12.1 Å². The number of benzene rings is 1. The Labute approximate surface area is 167 Å². The molecule has 6 nitrogen and oxygen atoms in total. The molecule has 1 aromatic heterocycles. The summed E-state index contributed by atoms with van der Waals surface area (Å²) in [4.78, 5) is 16.7. The van der Waals surface area contributed by atoms with Crippen LogP contribution in [0.15, 0.2) is 49.2 Å². The molecule has 0 atom stereocenters. The summed E-state index contributed by atoms with van der Waals surface area (Å²) in [6.07, 6.45) is -0.135. The molecule has 3 rings (SSSR count). The lowest BCUT2D eigenvalue weighted by atomic mass is 10.2. The largest absolute Gasteiger partial charge is 0.471 e. The van der Waals surface area contributed by atoms with E-state index in [2.05, 4.69) is 16.6 Å². The lowest BCUT2D eigenvalue weighted by molar-refractivity contribution is -0.137. The van der Waals surface area contributed by atoms with E-state index < -0.39 is 11.7 Å². The van der Waals surface area contributed by atoms with Crippen LogP contribution in [0, 0.1) is 0 Å². The quantitative estimate of drug-likeness (QED) is 0.689. The minimum absolute atomic E-state index is 0.0815. The second kappa shape index (κ2) is 9.13. The SMILES string of the molecule is C=CCN1CCCN(C(=O)c2ccn(COc3cccc(C(F)(F)F)c3)n2)CC1. The van der Waals surface area contributed by atoms with Gasteiger partial charge >= 0.3 is 6.18 Å². The number of ether oxygens (including phenoxy) is 1. The molecule has 2 aromatic rings. The molecule has 1 aromatic carbocycles. The molecule has 156 valence electrons. The van der Waals surface area contributed by atoms with E-state index >= 15 is 0 Å². The van der Waals surface area contributed by atoms with Crippen molar-refractivity contribution in [2.24, 2.45) is 0 Å².